The summed E-state index contributed by atoms with van der Waals surface area (Å²) in [5.41, 5.74) is 1.29. The number of anilines is 1. The molecule has 2 aromatic carbocycles. The average molecular weight is 354 g/mol. The van der Waals surface area contributed by atoms with Crippen molar-refractivity contribution in [1.29, 1.82) is 5.26 Å². The lowest BCUT2D eigenvalue weighted by molar-refractivity contribution is 0.264. The molecule has 5 nitrogen and oxygen atoms in total. The molecule has 0 unspecified atom stereocenters. The number of nitrogens with zero attached hydrogens (tertiary/aromatic N) is 2. The summed E-state index contributed by atoms with van der Waals surface area (Å²) >= 11 is 5.84. The number of hydrogen-bond acceptors (Lipinski definition) is 5. The summed E-state index contributed by atoms with van der Waals surface area (Å²) in [7, 11) is 0. The van der Waals surface area contributed by atoms with Gasteiger partial charge in [-0.15, -0.1) is 0 Å². The van der Waals surface area contributed by atoms with Gasteiger partial charge < -0.3 is 14.5 Å². The zero-order chi connectivity index (χ0) is 17.6. The molecule has 0 saturated carbocycles. The number of oxazole rings is 1. The van der Waals surface area contributed by atoms with Crippen molar-refractivity contribution in [3.63, 3.8) is 0 Å². The van der Waals surface area contributed by atoms with E-state index in [1.54, 1.807) is 24.3 Å². The van der Waals surface area contributed by atoms with E-state index in [2.05, 4.69) is 10.3 Å². The van der Waals surface area contributed by atoms with E-state index in [1.807, 2.05) is 43.3 Å². The van der Waals surface area contributed by atoms with Gasteiger partial charge in [0, 0.05) is 5.02 Å². The van der Waals surface area contributed by atoms with Crippen LogP contribution in [0.5, 0.6) is 5.75 Å². The summed E-state index contributed by atoms with van der Waals surface area (Å²) in [5.74, 6) is 1.32. The van der Waals surface area contributed by atoms with Gasteiger partial charge in [0.25, 0.3) is 0 Å². The molecule has 3 aromatic rings. The van der Waals surface area contributed by atoms with E-state index in [4.69, 9.17) is 20.8 Å². The maximum atomic E-state index is 9.26. The molecule has 1 N–H and O–H groups in total. The van der Waals surface area contributed by atoms with Gasteiger partial charge in [-0.1, -0.05) is 41.9 Å². The summed E-state index contributed by atoms with van der Waals surface area (Å²) < 4.78 is 11.2. The number of nitriles is 1. The van der Waals surface area contributed by atoms with Crippen LogP contribution in [0.4, 0.5) is 5.88 Å². The van der Waals surface area contributed by atoms with Gasteiger partial charge in [0.2, 0.25) is 17.5 Å². The Morgan fingerprint density at radius 1 is 1.20 bits per heavy atom. The Kier molecular flexibility index (Phi) is 5.22. The van der Waals surface area contributed by atoms with Crippen molar-refractivity contribution >= 4 is 17.5 Å². The summed E-state index contributed by atoms with van der Waals surface area (Å²) in [6.07, 6.45) is 0. The Bertz CT molecular complexity index is 870. The highest BCUT2D eigenvalue weighted by molar-refractivity contribution is 6.30. The minimum absolute atomic E-state index is 0.0220. The fourth-order valence-electron chi connectivity index (χ4n) is 2.30. The molecule has 0 radical (unpaired) electrons. The van der Waals surface area contributed by atoms with Gasteiger partial charge in [-0.05, 0) is 36.8 Å². The number of hydrogen-bond donors (Lipinski definition) is 1. The minimum Gasteiger partial charge on any atom is -0.484 e. The Morgan fingerprint density at radius 2 is 1.92 bits per heavy atom. The van der Waals surface area contributed by atoms with E-state index < -0.39 is 0 Å². The molecule has 0 spiro atoms. The maximum absolute atomic E-state index is 9.26. The Balaban J connectivity index is 1.69. The van der Waals surface area contributed by atoms with Gasteiger partial charge in [0.05, 0.1) is 6.04 Å². The number of ether oxygens (including phenoxy) is 1. The van der Waals surface area contributed by atoms with E-state index in [0.29, 0.717) is 22.5 Å². The maximum Gasteiger partial charge on any atom is 0.236 e. The van der Waals surface area contributed by atoms with Crippen LogP contribution in [0, 0.1) is 11.3 Å². The van der Waals surface area contributed by atoms with Crippen molar-refractivity contribution in [3.8, 4) is 11.8 Å². The summed E-state index contributed by atoms with van der Waals surface area (Å²) in [5, 5.41) is 13.1. The van der Waals surface area contributed by atoms with Crippen LogP contribution in [0.1, 0.15) is 30.1 Å². The zero-order valence-electron chi connectivity index (χ0n) is 13.6. The molecule has 3 rings (SSSR count). The Hall–Kier alpha value is -2.97. The predicted molar refractivity (Wildman–Crippen MR) is 95.5 cm³/mol. The van der Waals surface area contributed by atoms with Crippen LogP contribution >= 0.6 is 11.6 Å². The lowest BCUT2D eigenvalue weighted by Gasteiger charge is -2.13. The highest BCUT2D eigenvalue weighted by atomic mass is 35.5. The van der Waals surface area contributed by atoms with Crippen molar-refractivity contribution in [2.24, 2.45) is 0 Å². The smallest absolute Gasteiger partial charge is 0.236 e. The second kappa shape index (κ2) is 7.73. The highest BCUT2D eigenvalue weighted by Gasteiger charge is 2.16. The van der Waals surface area contributed by atoms with Crippen molar-refractivity contribution in [3.05, 3.63) is 76.8 Å². The first-order valence-electron chi connectivity index (χ1n) is 7.75. The van der Waals surface area contributed by atoms with Crippen LogP contribution < -0.4 is 10.1 Å². The first-order chi connectivity index (χ1) is 12.2. The number of benzene rings is 2. The van der Waals surface area contributed by atoms with Crippen molar-refractivity contribution in [1.82, 2.24) is 4.98 Å². The fraction of sp³-hybridized carbons (Fsp3) is 0.158. The molecular weight excluding hydrogens is 338 g/mol. The molecule has 1 heterocycles. The van der Waals surface area contributed by atoms with E-state index in [0.717, 1.165) is 5.56 Å². The molecule has 25 heavy (non-hydrogen) atoms. The van der Waals surface area contributed by atoms with Crippen LogP contribution in [-0.4, -0.2) is 4.98 Å². The minimum atomic E-state index is -0.0220. The Morgan fingerprint density at radius 3 is 2.60 bits per heavy atom. The fourth-order valence-corrected chi connectivity index (χ4v) is 2.42. The second-order valence-corrected chi connectivity index (χ2v) is 5.85. The van der Waals surface area contributed by atoms with E-state index in [-0.39, 0.29) is 18.3 Å². The molecule has 1 aromatic heterocycles. The van der Waals surface area contributed by atoms with Gasteiger partial charge in [0.1, 0.15) is 11.8 Å². The molecule has 0 aliphatic heterocycles. The van der Waals surface area contributed by atoms with Gasteiger partial charge in [-0.2, -0.15) is 10.2 Å². The number of halogens is 1. The van der Waals surface area contributed by atoms with Gasteiger partial charge in [0.15, 0.2) is 6.61 Å². The van der Waals surface area contributed by atoms with E-state index in [9.17, 15) is 5.26 Å². The van der Waals surface area contributed by atoms with Gasteiger partial charge >= 0.3 is 0 Å². The third kappa shape index (κ3) is 4.31. The molecule has 0 saturated heterocycles. The molecule has 0 aliphatic rings. The molecule has 0 aliphatic carbocycles. The van der Waals surface area contributed by atoms with Crippen molar-refractivity contribution in [2.45, 2.75) is 19.6 Å². The van der Waals surface area contributed by atoms with E-state index in [1.165, 1.54) is 0 Å². The quantitative estimate of drug-likeness (QED) is 0.678. The van der Waals surface area contributed by atoms with Gasteiger partial charge in [-0.3, -0.25) is 0 Å². The zero-order valence-corrected chi connectivity index (χ0v) is 14.3. The van der Waals surface area contributed by atoms with E-state index >= 15 is 0 Å². The molecule has 126 valence electrons. The lowest BCUT2D eigenvalue weighted by atomic mass is 10.1. The van der Waals surface area contributed by atoms with Crippen LogP contribution in [-0.2, 0) is 6.61 Å². The molecular formula is C19H16ClN3O2. The summed E-state index contributed by atoms with van der Waals surface area (Å²) in [4.78, 5) is 4.17. The first-order valence-corrected chi connectivity index (χ1v) is 8.13. The van der Waals surface area contributed by atoms with Crippen molar-refractivity contribution < 1.29 is 9.15 Å². The Labute approximate surface area is 150 Å². The molecule has 0 amide bonds. The average Bonchev–Trinajstić information content (AvgIpc) is 3.04. The topological polar surface area (TPSA) is 71.1 Å². The first kappa shape index (κ1) is 16.9. The van der Waals surface area contributed by atoms with Crippen LogP contribution in [0.2, 0.25) is 5.02 Å². The largest absolute Gasteiger partial charge is 0.484 e. The third-order valence-corrected chi connectivity index (χ3v) is 3.85. The van der Waals surface area contributed by atoms with Crippen LogP contribution in [0.3, 0.4) is 0 Å². The monoisotopic (exact) mass is 353 g/mol. The standard InChI is InChI=1S/C19H16ClN3O2/c1-13(14-5-3-2-4-6-14)22-19-17(11-21)23-18(25-19)12-24-16-9-7-15(20)8-10-16/h2-10,13,22H,12H2,1H3/t13-/m1/s1. The SMILES string of the molecule is C[C@@H](Nc1oc(COc2ccc(Cl)cc2)nc1C#N)c1ccccc1. The second-order valence-electron chi connectivity index (χ2n) is 5.42. The van der Waals surface area contributed by atoms with Crippen LogP contribution in [0.25, 0.3) is 0 Å². The predicted octanol–water partition coefficient (Wildman–Crippen LogP) is 4.95. The number of rotatable bonds is 6. The third-order valence-electron chi connectivity index (χ3n) is 3.60. The normalized spacial score (nSPS) is 11.6. The highest BCUT2D eigenvalue weighted by Crippen LogP contribution is 2.24. The molecule has 0 fully saturated rings. The molecule has 0 bridgehead atoms. The molecule has 1 atom stereocenters. The number of aromatic nitrogens is 1. The van der Waals surface area contributed by atoms with Crippen LogP contribution in [0.15, 0.2) is 59.0 Å². The number of nitrogens with one attached hydrogen (secondary N) is 1. The van der Waals surface area contributed by atoms with Gasteiger partial charge in [-0.25, -0.2) is 0 Å². The summed E-state index contributed by atoms with van der Waals surface area (Å²) in [6.45, 7) is 2.11. The molecule has 6 heteroatoms. The van der Waals surface area contributed by atoms with Crippen molar-refractivity contribution in [2.75, 3.05) is 5.32 Å². The summed E-state index contributed by atoms with van der Waals surface area (Å²) in [6, 6.07) is 18.9. The lowest BCUT2D eigenvalue weighted by Crippen LogP contribution is -2.06.